The number of ketones is 1. The number of nitrogens with zero attached hydrogens (tertiary/aromatic N) is 1. The Kier molecular flexibility index (Phi) is 6.46. The van der Waals surface area contributed by atoms with Crippen LogP contribution in [-0.4, -0.2) is 23.2 Å². The Morgan fingerprint density at radius 3 is 2.54 bits per heavy atom. The quantitative estimate of drug-likeness (QED) is 0.440. The molecule has 5 nitrogen and oxygen atoms in total. The van der Waals surface area contributed by atoms with Crippen LogP contribution in [0.1, 0.15) is 67.7 Å². The molecule has 0 amide bonds. The molecule has 3 N–H and O–H groups in total. The molecule has 0 fully saturated rings. The summed E-state index contributed by atoms with van der Waals surface area (Å²) in [4.78, 5) is 18.0. The van der Waals surface area contributed by atoms with Crippen molar-refractivity contribution in [3.05, 3.63) is 39.7 Å². The molecule has 1 aromatic rings. The zero-order valence-electron chi connectivity index (χ0n) is 16.5. The summed E-state index contributed by atoms with van der Waals surface area (Å²) in [7, 11) is 0. The molecule has 0 spiro atoms. The summed E-state index contributed by atoms with van der Waals surface area (Å²) in [5.74, 6) is -0.0381. The van der Waals surface area contributed by atoms with Crippen LogP contribution in [0.5, 0.6) is 0 Å². The third-order valence-electron chi connectivity index (χ3n) is 5.02. The van der Waals surface area contributed by atoms with Gasteiger partial charge >= 0.3 is 0 Å². The Bertz CT molecular complexity index is 763. The number of aliphatic hydroxyl groups is 1. The van der Waals surface area contributed by atoms with Crippen LogP contribution in [0.2, 0.25) is 0 Å². The highest BCUT2D eigenvalue weighted by atomic mass is 16.6. The van der Waals surface area contributed by atoms with E-state index in [1.54, 1.807) is 0 Å². The summed E-state index contributed by atoms with van der Waals surface area (Å²) in [5, 5.41) is 14.7. The lowest BCUT2D eigenvalue weighted by Crippen LogP contribution is -2.25. The summed E-state index contributed by atoms with van der Waals surface area (Å²) in [6.07, 6.45) is 2.19. The largest absolute Gasteiger partial charge is 0.511 e. The second kappa shape index (κ2) is 8.39. The maximum Gasteiger partial charge on any atom is 0.168 e. The molecule has 0 saturated carbocycles. The average Bonchev–Trinajstić information content (AvgIpc) is 2.57. The van der Waals surface area contributed by atoms with E-state index in [1.165, 1.54) is 0 Å². The third kappa shape index (κ3) is 3.92. The van der Waals surface area contributed by atoms with Crippen LogP contribution in [0.25, 0.3) is 0 Å². The second-order valence-corrected chi connectivity index (χ2v) is 7.02. The predicted molar refractivity (Wildman–Crippen MR) is 106 cm³/mol. The molecular weight excluding hydrogens is 328 g/mol. The Morgan fingerprint density at radius 1 is 1.27 bits per heavy atom. The molecule has 1 aliphatic rings. The van der Waals surface area contributed by atoms with Gasteiger partial charge in [0.05, 0.1) is 11.3 Å². The summed E-state index contributed by atoms with van der Waals surface area (Å²) in [6, 6.07) is 2.05. The van der Waals surface area contributed by atoms with Gasteiger partial charge in [-0.1, -0.05) is 24.6 Å². The van der Waals surface area contributed by atoms with Gasteiger partial charge in [-0.15, -0.1) is 0 Å². The maximum absolute atomic E-state index is 12.9. The predicted octanol–water partition coefficient (Wildman–Crippen LogP) is 4.65. The van der Waals surface area contributed by atoms with E-state index in [0.29, 0.717) is 37.2 Å². The van der Waals surface area contributed by atoms with Crippen LogP contribution in [0, 0.1) is 20.8 Å². The van der Waals surface area contributed by atoms with Crippen molar-refractivity contribution in [2.75, 3.05) is 12.3 Å². The zero-order chi connectivity index (χ0) is 19.4. The number of Topliss-reactive ketones (excluding diaryl/α,β-unsaturated/α-hetero) is 1. The first-order valence-corrected chi connectivity index (χ1v) is 9.32. The van der Waals surface area contributed by atoms with Gasteiger partial charge in [-0.2, -0.15) is 0 Å². The van der Waals surface area contributed by atoms with Crippen LogP contribution >= 0.6 is 0 Å². The molecule has 2 rings (SSSR count). The van der Waals surface area contributed by atoms with Crippen LogP contribution < -0.4 is 5.73 Å². The highest BCUT2D eigenvalue weighted by Crippen LogP contribution is 2.39. The first-order chi connectivity index (χ1) is 12.3. The molecule has 0 saturated heterocycles. The lowest BCUT2D eigenvalue weighted by atomic mass is 9.77. The minimum Gasteiger partial charge on any atom is -0.511 e. The van der Waals surface area contributed by atoms with E-state index in [4.69, 9.17) is 10.6 Å². The highest BCUT2D eigenvalue weighted by Gasteiger charge is 2.33. The Labute approximate surface area is 155 Å². The standard InChI is InChI=1S/C21H30N2O3/c1-6-8-16(23-26-7-2)20-17(24)10-15(11-18(20)25)19-12(3)9-13(4)21(22)14(19)5/h9,15,24H,6-8,10-11,22H2,1-5H3. The number of carbonyl (C=O) groups is 1. The smallest absolute Gasteiger partial charge is 0.168 e. The fraction of sp³-hybridized carbons (Fsp3) is 0.524. The highest BCUT2D eigenvalue weighted by molar-refractivity contribution is 6.23. The van der Waals surface area contributed by atoms with Crippen LogP contribution in [-0.2, 0) is 9.63 Å². The van der Waals surface area contributed by atoms with Crippen molar-refractivity contribution in [1.82, 2.24) is 0 Å². The van der Waals surface area contributed by atoms with Gasteiger partial charge in [-0.05, 0) is 62.3 Å². The molecule has 0 bridgehead atoms. The SMILES string of the molecule is CCCC(=NOCC)C1=C(O)CC(c2c(C)cc(C)c(N)c2C)CC1=O. The van der Waals surface area contributed by atoms with E-state index >= 15 is 0 Å². The van der Waals surface area contributed by atoms with E-state index in [2.05, 4.69) is 11.2 Å². The first-order valence-electron chi connectivity index (χ1n) is 9.32. The molecule has 1 aromatic carbocycles. The van der Waals surface area contributed by atoms with Gasteiger partial charge in [0, 0.05) is 18.5 Å². The molecule has 1 aliphatic carbocycles. The first kappa shape index (κ1) is 20.0. The van der Waals surface area contributed by atoms with Gasteiger partial charge in [0.15, 0.2) is 5.78 Å². The van der Waals surface area contributed by atoms with Crippen molar-refractivity contribution in [3.8, 4) is 0 Å². The number of aryl methyl sites for hydroxylation is 2. The molecule has 0 aliphatic heterocycles. The van der Waals surface area contributed by atoms with Crippen molar-refractivity contribution in [2.24, 2.45) is 5.16 Å². The number of nitrogens with two attached hydrogens (primary N) is 1. The normalized spacial score (nSPS) is 18.4. The van der Waals surface area contributed by atoms with Crippen molar-refractivity contribution in [3.63, 3.8) is 0 Å². The molecular formula is C21H30N2O3. The fourth-order valence-electron chi connectivity index (χ4n) is 3.87. The van der Waals surface area contributed by atoms with Crippen LogP contribution in [0.4, 0.5) is 5.69 Å². The third-order valence-corrected chi connectivity index (χ3v) is 5.02. The summed E-state index contributed by atoms with van der Waals surface area (Å²) in [5.41, 5.74) is 12.1. The Hall–Kier alpha value is -2.30. The number of nitrogen functional groups attached to an aromatic ring is 1. The van der Waals surface area contributed by atoms with Crippen molar-refractivity contribution >= 4 is 17.2 Å². The summed E-state index contributed by atoms with van der Waals surface area (Å²) >= 11 is 0. The van der Waals surface area contributed by atoms with Crippen LogP contribution in [0.15, 0.2) is 22.6 Å². The maximum atomic E-state index is 12.9. The van der Waals surface area contributed by atoms with Crippen LogP contribution in [0.3, 0.4) is 0 Å². The number of allylic oxidation sites excluding steroid dienone is 2. The molecule has 0 heterocycles. The van der Waals surface area contributed by atoms with Gasteiger partial charge in [0.1, 0.15) is 12.4 Å². The zero-order valence-corrected chi connectivity index (χ0v) is 16.5. The fourth-order valence-corrected chi connectivity index (χ4v) is 3.87. The van der Waals surface area contributed by atoms with Gasteiger partial charge in [0.25, 0.3) is 0 Å². The molecule has 1 unspecified atom stereocenters. The van der Waals surface area contributed by atoms with E-state index in [0.717, 1.165) is 34.4 Å². The van der Waals surface area contributed by atoms with E-state index in [9.17, 15) is 9.90 Å². The van der Waals surface area contributed by atoms with Gasteiger partial charge in [0.2, 0.25) is 0 Å². The number of anilines is 1. The average molecular weight is 358 g/mol. The number of rotatable bonds is 6. The number of benzene rings is 1. The monoisotopic (exact) mass is 358 g/mol. The van der Waals surface area contributed by atoms with Crippen molar-refractivity contribution in [1.29, 1.82) is 0 Å². The van der Waals surface area contributed by atoms with Gasteiger partial charge in [-0.3, -0.25) is 4.79 Å². The Morgan fingerprint density at radius 2 is 1.96 bits per heavy atom. The molecule has 26 heavy (non-hydrogen) atoms. The van der Waals surface area contributed by atoms with Crippen molar-refractivity contribution < 1.29 is 14.7 Å². The molecule has 0 radical (unpaired) electrons. The van der Waals surface area contributed by atoms with Crippen molar-refractivity contribution in [2.45, 2.75) is 66.2 Å². The van der Waals surface area contributed by atoms with E-state index < -0.39 is 0 Å². The van der Waals surface area contributed by atoms with Gasteiger partial charge in [-0.25, -0.2) is 0 Å². The number of hydrogen-bond donors (Lipinski definition) is 2. The number of oxime groups is 1. The molecule has 142 valence electrons. The molecule has 0 aromatic heterocycles. The summed E-state index contributed by atoms with van der Waals surface area (Å²) in [6.45, 7) is 10.3. The topological polar surface area (TPSA) is 84.9 Å². The molecule has 1 atom stereocenters. The van der Waals surface area contributed by atoms with Gasteiger partial charge < -0.3 is 15.7 Å². The summed E-state index contributed by atoms with van der Waals surface area (Å²) < 4.78 is 0. The number of aliphatic hydroxyl groups excluding tert-OH is 1. The lowest BCUT2D eigenvalue weighted by Gasteiger charge is -2.27. The minimum atomic E-state index is -0.0800. The Balaban J connectivity index is 2.43. The van der Waals surface area contributed by atoms with E-state index in [-0.39, 0.29) is 17.5 Å². The van der Waals surface area contributed by atoms with E-state index in [1.807, 2.05) is 34.6 Å². The molecule has 5 heteroatoms. The second-order valence-electron chi connectivity index (χ2n) is 7.02. The number of hydrogen-bond acceptors (Lipinski definition) is 5. The number of carbonyl (C=O) groups excluding carboxylic acids is 1. The minimum absolute atomic E-state index is 0.0656. The lowest BCUT2D eigenvalue weighted by molar-refractivity contribution is -0.116.